The van der Waals surface area contributed by atoms with Crippen molar-refractivity contribution in [2.75, 3.05) is 32.6 Å². The number of aliphatic hydroxyl groups excluding tert-OH is 1. The number of methoxy groups -OCH3 is 1. The minimum Gasteiger partial charge on any atom is -0.395 e. The normalized spacial score (nSPS) is 19.1. The third-order valence-electron chi connectivity index (χ3n) is 5.13. The standard InChI is InChI=1S/C20H25FN4O6S2/c1-25(9-10-26)33(28,29)16-7-3-13(4-8-16)18(19(27)23-20-22-12-17(21)32-20)24-31-15-6-5-14(11-15)30-2/h3-4,7-8,12,14-15,26H,5-6,9-11H2,1-2H3,(H,22,23,27)/b24-18+/t14-,15-/m1/s1. The first-order valence-corrected chi connectivity index (χ1v) is 12.4. The molecule has 0 saturated heterocycles. The highest BCUT2D eigenvalue weighted by molar-refractivity contribution is 7.89. The minimum atomic E-state index is -3.81. The van der Waals surface area contributed by atoms with E-state index < -0.39 is 21.1 Å². The predicted octanol–water partition coefficient (Wildman–Crippen LogP) is 1.82. The fourth-order valence-electron chi connectivity index (χ4n) is 3.26. The molecule has 1 fully saturated rings. The van der Waals surface area contributed by atoms with Crippen molar-refractivity contribution in [3.63, 3.8) is 0 Å². The van der Waals surface area contributed by atoms with Gasteiger partial charge >= 0.3 is 0 Å². The van der Waals surface area contributed by atoms with E-state index in [-0.39, 0.29) is 41.1 Å². The number of amides is 1. The molecule has 1 aromatic heterocycles. The summed E-state index contributed by atoms with van der Waals surface area (Å²) in [6.45, 7) is -0.369. The van der Waals surface area contributed by atoms with Crippen LogP contribution in [-0.2, 0) is 24.4 Å². The third-order valence-corrected chi connectivity index (χ3v) is 7.70. The van der Waals surface area contributed by atoms with Crippen molar-refractivity contribution < 1.29 is 32.3 Å². The number of anilines is 1. The SMILES string of the molecule is CO[C@@H]1CC[C@@H](O/N=C(/C(=O)Nc2ncc(F)s2)c2ccc(S(=O)(=O)N(C)CCO)cc2)C1. The van der Waals surface area contributed by atoms with Crippen LogP contribution >= 0.6 is 11.3 Å². The summed E-state index contributed by atoms with van der Waals surface area (Å²) in [7, 11) is -0.829. The topological polar surface area (TPSA) is 130 Å². The number of halogens is 1. The smallest absolute Gasteiger partial charge is 0.280 e. The number of aliphatic hydroxyl groups is 1. The lowest BCUT2D eigenvalue weighted by atomic mass is 10.1. The maximum atomic E-state index is 13.3. The molecule has 1 aromatic carbocycles. The Balaban J connectivity index is 1.85. The number of sulfonamides is 1. The number of oxime groups is 1. The number of likely N-dealkylation sites (N-methyl/N-ethyl adjacent to an activating group) is 1. The van der Waals surface area contributed by atoms with Gasteiger partial charge in [0.15, 0.2) is 16.0 Å². The highest BCUT2D eigenvalue weighted by Gasteiger charge is 2.27. The monoisotopic (exact) mass is 500 g/mol. The highest BCUT2D eigenvalue weighted by atomic mass is 32.2. The van der Waals surface area contributed by atoms with Crippen LogP contribution in [0.5, 0.6) is 0 Å². The fraction of sp³-hybridized carbons (Fsp3) is 0.450. The fourth-order valence-corrected chi connectivity index (χ4v) is 4.96. The highest BCUT2D eigenvalue weighted by Crippen LogP contribution is 2.25. The Kier molecular flexibility index (Phi) is 8.48. The Morgan fingerprint density at radius 3 is 2.61 bits per heavy atom. The molecule has 1 heterocycles. The molecule has 33 heavy (non-hydrogen) atoms. The van der Waals surface area contributed by atoms with Gasteiger partial charge in [0.25, 0.3) is 5.91 Å². The largest absolute Gasteiger partial charge is 0.395 e. The van der Waals surface area contributed by atoms with Gasteiger partial charge in [-0.15, -0.1) is 0 Å². The number of ether oxygens (including phenoxy) is 1. The quantitative estimate of drug-likeness (QED) is 0.376. The summed E-state index contributed by atoms with van der Waals surface area (Å²) in [5.41, 5.74) is 0.189. The average molecular weight is 501 g/mol. The Morgan fingerprint density at radius 1 is 1.33 bits per heavy atom. The van der Waals surface area contributed by atoms with Gasteiger partial charge in [0.05, 0.1) is 23.8 Å². The zero-order valence-corrected chi connectivity index (χ0v) is 19.7. The zero-order valence-electron chi connectivity index (χ0n) is 18.1. The van der Waals surface area contributed by atoms with Crippen molar-refractivity contribution in [3.8, 4) is 0 Å². The van der Waals surface area contributed by atoms with Crippen LogP contribution in [0.2, 0.25) is 0 Å². The van der Waals surface area contributed by atoms with Crippen LogP contribution in [-0.4, -0.2) is 73.9 Å². The van der Waals surface area contributed by atoms with Crippen LogP contribution in [0.15, 0.2) is 40.5 Å². The van der Waals surface area contributed by atoms with E-state index in [0.29, 0.717) is 29.7 Å². The first-order chi connectivity index (χ1) is 15.7. The first-order valence-electron chi connectivity index (χ1n) is 10.1. The van der Waals surface area contributed by atoms with E-state index >= 15 is 0 Å². The summed E-state index contributed by atoms with van der Waals surface area (Å²) < 4.78 is 44.7. The molecule has 0 unspecified atom stereocenters. The van der Waals surface area contributed by atoms with Gasteiger partial charge in [0, 0.05) is 32.7 Å². The van der Waals surface area contributed by atoms with Crippen LogP contribution < -0.4 is 5.32 Å². The van der Waals surface area contributed by atoms with Gasteiger partial charge in [-0.05, 0) is 25.0 Å². The summed E-state index contributed by atoms with van der Waals surface area (Å²) in [6, 6.07) is 5.52. The second-order valence-electron chi connectivity index (χ2n) is 7.34. The molecule has 2 aromatic rings. The third kappa shape index (κ3) is 6.32. The Hall–Kier alpha value is -2.45. The molecule has 0 bridgehead atoms. The summed E-state index contributed by atoms with van der Waals surface area (Å²) in [5, 5.41) is 15.0. The number of rotatable bonds is 10. The molecule has 0 spiro atoms. The summed E-state index contributed by atoms with van der Waals surface area (Å²) >= 11 is 0.662. The van der Waals surface area contributed by atoms with Gasteiger partial charge in [0.2, 0.25) is 10.0 Å². The lowest BCUT2D eigenvalue weighted by Gasteiger charge is -2.16. The van der Waals surface area contributed by atoms with Crippen molar-refractivity contribution in [1.29, 1.82) is 0 Å². The van der Waals surface area contributed by atoms with Crippen molar-refractivity contribution in [2.45, 2.75) is 36.4 Å². The second-order valence-corrected chi connectivity index (χ2v) is 10.4. The number of nitrogens with zero attached hydrogens (tertiary/aromatic N) is 3. The van der Waals surface area contributed by atoms with Gasteiger partial charge in [-0.2, -0.15) is 8.70 Å². The van der Waals surface area contributed by atoms with E-state index in [1.807, 2.05) is 0 Å². The van der Waals surface area contributed by atoms with Crippen molar-refractivity contribution in [3.05, 3.63) is 41.2 Å². The average Bonchev–Trinajstić information content (AvgIpc) is 3.43. The number of carbonyl (C=O) groups is 1. The van der Waals surface area contributed by atoms with Crippen LogP contribution in [0.25, 0.3) is 0 Å². The number of hydrogen-bond donors (Lipinski definition) is 2. The summed E-state index contributed by atoms with van der Waals surface area (Å²) in [5.74, 6) is -0.682. The molecule has 10 nitrogen and oxygen atoms in total. The molecule has 180 valence electrons. The molecule has 2 N–H and O–H groups in total. The molecule has 1 amide bonds. The van der Waals surface area contributed by atoms with Gasteiger partial charge in [-0.1, -0.05) is 28.6 Å². The van der Waals surface area contributed by atoms with E-state index in [4.69, 9.17) is 14.7 Å². The van der Waals surface area contributed by atoms with Crippen LogP contribution in [0, 0.1) is 5.13 Å². The van der Waals surface area contributed by atoms with E-state index in [2.05, 4.69) is 15.5 Å². The van der Waals surface area contributed by atoms with Gasteiger partial charge in [-0.3, -0.25) is 10.1 Å². The van der Waals surface area contributed by atoms with Crippen LogP contribution in [0.3, 0.4) is 0 Å². The number of benzene rings is 1. The molecule has 0 aliphatic heterocycles. The second kappa shape index (κ2) is 11.1. The maximum absolute atomic E-state index is 13.3. The predicted molar refractivity (Wildman–Crippen MR) is 120 cm³/mol. The van der Waals surface area contributed by atoms with Crippen LogP contribution in [0.4, 0.5) is 9.52 Å². The van der Waals surface area contributed by atoms with Gasteiger partial charge in [0.1, 0.15) is 6.10 Å². The first kappa shape index (κ1) is 25.2. The van der Waals surface area contributed by atoms with E-state index in [1.54, 1.807) is 7.11 Å². The van der Waals surface area contributed by atoms with Crippen molar-refractivity contribution >= 4 is 38.1 Å². The Labute approximate surface area is 195 Å². The van der Waals surface area contributed by atoms with E-state index in [9.17, 15) is 17.6 Å². The van der Waals surface area contributed by atoms with Gasteiger partial charge < -0.3 is 14.7 Å². The lowest BCUT2D eigenvalue weighted by Crippen LogP contribution is -2.29. The number of nitrogens with one attached hydrogen (secondary N) is 1. The number of hydrogen-bond acceptors (Lipinski definition) is 9. The minimum absolute atomic E-state index is 0.0106. The van der Waals surface area contributed by atoms with Crippen LogP contribution in [0.1, 0.15) is 24.8 Å². The molecular formula is C20H25FN4O6S2. The Bertz CT molecular complexity index is 1090. The van der Waals surface area contributed by atoms with E-state index in [1.165, 1.54) is 31.3 Å². The molecular weight excluding hydrogens is 475 g/mol. The molecule has 1 saturated carbocycles. The number of thiazole rings is 1. The molecule has 0 radical (unpaired) electrons. The molecule has 3 rings (SSSR count). The summed E-state index contributed by atoms with van der Waals surface area (Å²) in [4.78, 5) is 22.2. The summed E-state index contributed by atoms with van der Waals surface area (Å²) in [6.07, 6.45) is 2.96. The van der Waals surface area contributed by atoms with E-state index in [0.717, 1.165) is 16.9 Å². The van der Waals surface area contributed by atoms with Crippen molar-refractivity contribution in [1.82, 2.24) is 9.29 Å². The molecule has 2 atom stereocenters. The molecule has 13 heteroatoms. The molecule has 1 aliphatic carbocycles. The van der Waals surface area contributed by atoms with Crippen molar-refractivity contribution in [2.24, 2.45) is 5.16 Å². The molecule has 1 aliphatic rings. The Morgan fingerprint density at radius 2 is 2.03 bits per heavy atom. The van der Waals surface area contributed by atoms with Gasteiger partial charge in [-0.25, -0.2) is 13.4 Å². The zero-order chi connectivity index (χ0) is 24.0. The lowest BCUT2D eigenvalue weighted by molar-refractivity contribution is -0.110. The maximum Gasteiger partial charge on any atom is 0.280 e. The number of carbonyl (C=O) groups excluding carboxylic acids is 1. The number of aromatic nitrogens is 1.